The Hall–Kier alpha value is -3.64. The molecular formula is C23H17ClN2O4. The first-order valence-corrected chi connectivity index (χ1v) is 9.65. The second-order valence-electron chi connectivity index (χ2n) is 6.71. The number of hydrogen-bond donors (Lipinski definition) is 1. The van der Waals surface area contributed by atoms with Gasteiger partial charge in [0.1, 0.15) is 6.04 Å². The molecule has 3 aromatic carbocycles. The van der Waals surface area contributed by atoms with E-state index in [2.05, 4.69) is 5.32 Å². The standard InChI is InChI=1S/C23H17ClN2O4/c24-16-8-6-7-15(13-16)22(28)26-18-11-4-5-12-20(18)30-23(29)19(26)14-21(27)25-17-9-2-1-3-10-17/h1-13,19H,14H2,(H,25,27). The highest BCUT2D eigenvalue weighted by atomic mass is 35.5. The Morgan fingerprint density at radius 3 is 2.47 bits per heavy atom. The number of rotatable bonds is 4. The maximum Gasteiger partial charge on any atom is 0.335 e. The monoisotopic (exact) mass is 420 g/mol. The Bertz CT molecular complexity index is 1120. The van der Waals surface area contributed by atoms with Crippen LogP contribution in [0.4, 0.5) is 11.4 Å². The molecule has 0 aliphatic carbocycles. The summed E-state index contributed by atoms with van der Waals surface area (Å²) in [5.74, 6) is -1.27. The third kappa shape index (κ3) is 4.04. The Kier molecular flexibility index (Phi) is 5.50. The van der Waals surface area contributed by atoms with Gasteiger partial charge in [0.05, 0.1) is 12.1 Å². The number of anilines is 2. The lowest BCUT2D eigenvalue weighted by Crippen LogP contribution is -2.51. The first kappa shape index (κ1) is 19.7. The number of benzene rings is 3. The van der Waals surface area contributed by atoms with Crippen LogP contribution in [0.15, 0.2) is 78.9 Å². The summed E-state index contributed by atoms with van der Waals surface area (Å²) in [4.78, 5) is 40.0. The molecular weight excluding hydrogens is 404 g/mol. The third-order valence-corrected chi connectivity index (χ3v) is 4.88. The fourth-order valence-corrected chi connectivity index (χ4v) is 3.48. The van der Waals surface area contributed by atoms with Gasteiger partial charge in [-0.05, 0) is 42.5 Å². The van der Waals surface area contributed by atoms with E-state index in [0.717, 1.165) is 0 Å². The summed E-state index contributed by atoms with van der Waals surface area (Å²) < 4.78 is 5.40. The van der Waals surface area contributed by atoms with Crippen LogP contribution in [0, 0.1) is 0 Å². The number of nitrogens with zero attached hydrogens (tertiary/aromatic N) is 1. The van der Waals surface area contributed by atoms with E-state index in [9.17, 15) is 14.4 Å². The zero-order valence-corrected chi connectivity index (χ0v) is 16.5. The number of para-hydroxylation sites is 3. The average molecular weight is 421 g/mol. The number of carbonyl (C=O) groups is 3. The van der Waals surface area contributed by atoms with E-state index in [-0.39, 0.29) is 12.2 Å². The summed E-state index contributed by atoms with van der Waals surface area (Å²) in [6.07, 6.45) is -0.256. The molecule has 0 saturated heterocycles. The molecule has 3 aromatic rings. The van der Waals surface area contributed by atoms with Crippen molar-refractivity contribution in [3.63, 3.8) is 0 Å². The second-order valence-corrected chi connectivity index (χ2v) is 7.14. The minimum atomic E-state index is -1.12. The van der Waals surface area contributed by atoms with Gasteiger partial charge in [-0.15, -0.1) is 0 Å². The van der Waals surface area contributed by atoms with Crippen molar-refractivity contribution in [2.45, 2.75) is 12.5 Å². The molecule has 1 N–H and O–H groups in total. The van der Waals surface area contributed by atoms with E-state index in [1.807, 2.05) is 6.07 Å². The number of carbonyl (C=O) groups excluding carboxylic acids is 3. The van der Waals surface area contributed by atoms with Crippen molar-refractivity contribution in [2.24, 2.45) is 0 Å². The summed E-state index contributed by atoms with van der Waals surface area (Å²) in [5.41, 5.74) is 1.32. The molecule has 7 heteroatoms. The van der Waals surface area contributed by atoms with Crippen LogP contribution < -0.4 is 15.0 Å². The smallest absolute Gasteiger partial charge is 0.335 e. The van der Waals surface area contributed by atoms with Gasteiger partial charge in [0, 0.05) is 16.3 Å². The summed E-state index contributed by atoms with van der Waals surface area (Å²) in [7, 11) is 0. The Balaban J connectivity index is 1.67. The van der Waals surface area contributed by atoms with Gasteiger partial charge in [-0.1, -0.05) is 48.0 Å². The Morgan fingerprint density at radius 1 is 0.967 bits per heavy atom. The van der Waals surface area contributed by atoms with E-state index in [0.29, 0.717) is 22.0 Å². The van der Waals surface area contributed by atoms with Crippen LogP contribution >= 0.6 is 11.6 Å². The van der Waals surface area contributed by atoms with Crippen molar-refractivity contribution in [1.82, 2.24) is 0 Å². The second kappa shape index (κ2) is 8.39. The molecule has 30 heavy (non-hydrogen) atoms. The van der Waals surface area contributed by atoms with Gasteiger partial charge >= 0.3 is 5.97 Å². The molecule has 1 aliphatic rings. The van der Waals surface area contributed by atoms with Gasteiger partial charge in [-0.2, -0.15) is 0 Å². The number of nitrogens with one attached hydrogen (secondary N) is 1. The van der Waals surface area contributed by atoms with E-state index >= 15 is 0 Å². The first-order chi connectivity index (χ1) is 14.5. The molecule has 0 radical (unpaired) electrons. The molecule has 2 amide bonds. The van der Waals surface area contributed by atoms with E-state index in [1.165, 1.54) is 11.0 Å². The molecule has 0 spiro atoms. The molecule has 6 nitrogen and oxygen atoms in total. The minimum absolute atomic E-state index is 0.256. The van der Waals surface area contributed by atoms with E-state index < -0.39 is 23.8 Å². The largest absolute Gasteiger partial charge is 0.423 e. The van der Waals surface area contributed by atoms with E-state index in [1.54, 1.807) is 66.7 Å². The highest BCUT2D eigenvalue weighted by Crippen LogP contribution is 2.36. The minimum Gasteiger partial charge on any atom is -0.423 e. The van der Waals surface area contributed by atoms with Crippen LogP contribution in [-0.4, -0.2) is 23.8 Å². The lowest BCUT2D eigenvalue weighted by molar-refractivity contribution is -0.138. The normalized spacial score (nSPS) is 15.2. The Labute approximate surface area is 178 Å². The van der Waals surface area contributed by atoms with Crippen LogP contribution in [0.25, 0.3) is 0 Å². The van der Waals surface area contributed by atoms with Crippen molar-refractivity contribution >= 4 is 40.8 Å². The van der Waals surface area contributed by atoms with Crippen LogP contribution in [0.2, 0.25) is 5.02 Å². The molecule has 0 fully saturated rings. The quantitative estimate of drug-likeness (QED) is 0.504. The van der Waals surface area contributed by atoms with Crippen molar-refractivity contribution in [2.75, 3.05) is 10.2 Å². The lowest BCUT2D eigenvalue weighted by Gasteiger charge is -2.35. The van der Waals surface area contributed by atoms with Gasteiger partial charge in [0.25, 0.3) is 5.91 Å². The summed E-state index contributed by atoms with van der Waals surface area (Å²) >= 11 is 6.04. The fraction of sp³-hybridized carbons (Fsp3) is 0.0870. The number of amides is 2. The predicted molar refractivity (Wildman–Crippen MR) is 114 cm³/mol. The van der Waals surface area contributed by atoms with Gasteiger partial charge in [-0.3, -0.25) is 14.5 Å². The van der Waals surface area contributed by atoms with Crippen molar-refractivity contribution in [1.29, 1.82) is 0 Å². The van der Waals surface area contributed by atoms with Gasteiger partial charge < -0.3 is 10.1 Å². The molecule has 1 unspecified atom stereocenters. The molecule has 0 saturated carbocycles. The molecule has 1 aliphatic heterocycles. The van der Waals surface area contributed by atoms with Crippen molar-refractivity contribution in [3.8, 4) is 5.75 Å². The van der Waals surface area contributed by atoms with Crippen LogP contribution in [0.3, 0.4) is 0 Å². The summed E-state index contributed by atoms with van der Waals surface area (Å²) in [6.45, 7) is 0. The number of ether oxygens (including phenoxy) is 1. The average Bonchev–Trinajstić information content (AvgIpc) is 2.74. The zero-order chi connectivity index (χ0) is 21.1. The predicted octanol–water partition coefficient (Wildman–Crippen LogP) is 4.30. The number of halogens is 1. The van der Waals surface area contributed by atoms with Gasteiger partial charge in [0.2, 0.25) is 5.91 Å². The first-order valence-electron chi connectivity index (χ1n) is 9.27. The summed E-state index contributed by atoms with van der Waals surface area (Å²) in [6, 6.07) is 20.9. The molecule has 1 atom stereocenters. The number of hydrogen-bond acceptors (Lipinski definition) is 4. The molecule has 1 heterocycles. The van der Waals surface area contributed by atoms with E-state index in [4.69, 9.17) is 16.3 Å². The Morgan fingerprint density at radius 2 is 1.70 bits per heavy atom. The van der Waals surface area contributed by atoms with Crippen LogP contribution in [-0.2, 0) is 9.59 Å². The number of esters is 1. The maximum absolute atomic E-state index is 13.3. The molecule has 0 bridgehead atoms. The van der Waals surface area contributed by atoms with Crippen molar-refractivity contribution in [3.05, 3.63) is 89.4 Å². The molecule has 0 aromatic heterocycles. The fourth-order valence-electron chi connectivity index (χ4n) is 3.29. The van der Waals surface area contributed by atoms with Crippen molar-refractivity contribution < 1.29 is 19.1 Å². The summed E-state index contributed by atoms with van der Waals surface area (Å²) in [5, 5.41) is 3.13. The highest BCUT2D eigenvalue weighted by molar-refractivity contribution is 6.31. The van der Waals surface area contributed by atoms with Crippen LogP contribution in [0.5, 0.6) is 5.75 Å². The lowest BCUT2D eigenvalue weighted by atomic mass is 10.0. The van der Waals surface area contributed by atoms with Crippen LogP contribution in [0.1, 0.15) is 16.8 Å². The zero-order valence-electron chi connectivity index (χ0n) is 15.7. The molecule has 150 valence electrons. The highest BCUT2D eigenvalue weighted by Gasteiger charge is 2.40. The SMILES string of the molecule is O=C(CC1C(=O)Oc2ccccc2N1C(=O)c1cccc(Cl)c1)Nc1ccccc1. The topological polar surface area (TPSA) is 75.7 Å². The molecule has 4 rings (SSSR count). The maximum atomic E-state index is 13.3. The van der Waals surface area contributed by atoms with Gasteiger partial charge in [-0.25, -0.2) is 4.79 Å². The third-order valence-electron chi connectivity index (χ3n) is 4.65. The number of fused-ring (bicyclic) bond motifs is 1. The van der Waals surface area contributed by atoms with Gasteiger partial charge in [0.15, 0.2) is 5.75 Å².